The van der Waals surface area contributed by atoms with Gasteiger partial charge in [-0.15, -0.1) is 0 Å². The van der Waals surface area contributed by atoms with Crippen molar-refractivity contribution in [2.75, 3.05) is 24.2 Å². The molecule has 0 bridgehead atoms. The van der Waals surface area contributed by atoms with Gasteiger partial charge in [0, 0.05) is 13.6 Å². The second-order valence-corrected chi connectivity index (χ2v) is 5.17. The number of nitrogens with zero attached hydrogens (tertiary/aromatic N) is 2. The van der Waals surface area contributed by atoms with Gasteiger partial charge in [0.2, 0.25) is 0 Å². The quantitative estimate of drug-likeness (QED) is 0.791. The zero-order valence-electron chi connectivity index (χ0n) is 11.5. The Bertz CT molecular complexity index is 410. The van der Waals surface area contributed by atoms with E-state index in [4.69, 9.17) is 5.26 Å². The van der Waals surface area contributed by atoms with Crippen molar-refractivity contribution in [3.63, 3.8) is 0 Å². The van der Waals surface area contributed by atoms with Crippen LogP contribution < -0.4 is 4.90 Å². The summed E-state index contributed by atoms with van der Waals surface area (Å²) in [4.78, 5) is 2.18. The molecular weight excluding hydrogens is 240 g/mol. The van der Waals surface area contributed by atoms with Crippen LogP contribution in [0.15, 0.2) is 24.3 Å². The van der Waals surface area contributed by atoms with Crippen LogP contribution in [0.4, 0.5) is 5.69 Å². The molecule has 0 heterocycles. The molecule has 98 valence electrons. The number of nitriles is 1. The summed E-state index contributed by atoms with van der Waals surface area (Å²) in [5, 5.41) is 9.15. The van der Waals surface area contributed by atoms with E-state index in [1.54, 1.807) is 0 Å². The minimum absolute atomic E-state index is 0.223. The molecular formula is C15H22N2S. The fourth-order valence-electron chi connectivity index (χ4n) is 2.24. The second-order valence-electron chi connectivity index (χ2n) is 4.85. The zero-order valence-corrected chi connectivity index (χ0v) is 12.4. The summed E-state index contributed by atoms with van der Waals surface area (Å²) in [5.41, 5.74) is 1.97. The summed E-state index contributed by atoms with van der Waals surface area (Å²) >= 11 is 4.51. The third-order valence-electron chi connectivity index (χ3n) is 3.84. The molecule has 1 aromatic rings. The predicted octanol–water partition coefficient (Wildman–Crippen LogP) is 3.73. The summed E-state index contributed by atoms with van der Waals surface area (Å²) in [7, 11) is 2.06. The van der Waals surface area contributed by atoms with Crippen LogP contribution in [0.1, 0.15) is 32.3 Å². The molecule has 1 aromatic carbocycles. The summed E-state index contributed by atoms with van der Waals surface area (Å²) in [6.07, 6.45) is 2.21. The molecule has 0 aliphatic carbocycles. The van der Waals surface area contributed by atoms with Gasteiger partial charge in [-0.1, -0.05) is 26.0 Å². The van der Waals surface area contributed by atoms with Gasteiger partial charge in [-0.25, -0.2) is 0 Å². The lowest BCUT2D eigenvalue weighted by molar-refractivity contribution is 0.314. The van der Waals surface area contributed by atoms with E-state index < -0.39 is 0 Å². The molecule has 0 atom stereocenters. The number of benzene rings is 1. The maximum Gasteiger partial charge on any atom is 0.101 e. The Morgan fingerprint density at radius 3 is 2.39 bits per heavy atom. The van der Waals surface area contributed by atoms with Crippen LogP contribution in [0.5, 0.6) is 0 Å². The summed E-state index contributed by atoms with van der Waals surface area (Å²) < 4.78 is 0. The standard InChI is InChI=1S/C15H22N2S/c1-4-15(5-2,12-18)11-17(3)14-9-7-6-8-13(14)10-16/h6-9,18H,4-5,11-12H2,1-3H3. The molecule has 1 rings (SSSR count). The van der Waals surface area contributed by atoms with Gasteiger partial charge in [0.1, 0.15) is 6.07 Å². The molecule has 0 radical (unpaired) electrons. The van der Waals surface area contributed by atoms with Gasteiger partial charge < -0.3 is 4.90 Å². The molecule has 0 fully saturated rings. The molecule has 0 aliphatic rings. The second kappa shape index (κ2) is 6.70. The molecule has 0 N–H and O–H groups in total. The van der Waals surface area contributed by atoms with Crippen LogP contribution in [-0.4, -0.2) is 19.3 Å². The van der Waals surface area contributed by atoms with Crippen molar-refractivity contribution in [2.24, 2.45) is 5.41 Å². The first-order chi connectivity index (χ1) is 8.62. The Hall–Kier alpha value is -1.14. The molecule has 0 unspecified atom stereocenters. The van der Waals surface area contributed by atoms with Gasteiger partial charge in [-0.3, -0.25) is 0 Å². The fraction of sp³-hybridized carbons (Fsp3) is 0.533. The molecule has 0 spiro atoms. The van der Waals surface area contributed by atoms with Gasteiger partial charge in [-0.2, -0.15) is 17.9 Å². The van der Waals surface area contributed by atoms with E-state index in [-0.39, 0.29) is 5.41 Å². The Morgan fingerprint density at radius 2 is 1.89 bits per heavy atom. The highest BCUT2D eigenvalue weighted by atomic mass is 32.1. The van der Waals surface area contributed by atoms with Crippen molar-refractivity contribution >= 4 is 18.3 Å². The Kier molecular flexibility index (Phi) is 5.55. The smallest absolute Gasteiger partial charge is 0.101 e. The van der Waals surface area contributed by atoms with Gasteiger partial charge in [0.05, 0.1) is 11.3 Å². The number of hydrogen-bond acceptors (Lipinski definition) is 3. The molecule has 3 heteroatoms. The average molecular weight is 262 g/mol. The van der Waals surface area contributed by atoms with Crippen LogP contribution in [0, 0.1) is 16.7 Å². The number of anilines is 1. The van der Waals surface area contributed by atoms with Crippen molar-refractivity contribution in [2.45, 2.75) is 26.7 Å². The van der Waals surface area contributed by atoms with Gasteiger partial charge >= 0.3 is 0 Å². The SMILES string of the molecule is CCC(CC)(CS)CN(C)c1ccccc1C#N. The van der Waals surface area contributed by atoms with E-state index in [2.05, 4.69) is 44.5 Å². The molecule has 0 amide bonds. The summed E-state index contributed by atoms with van der Waals surface area (Å²) in [5.74, 6) is 0.874. The van der Waals surface area contributed by atoms with Crippen molar-refractivity contribution in [3.8, 4) is 6.07 Å². The Morgan fingerprint density at radius 1 is 1.28 bits per heavy atom. The first kappa shape index (κ1) is 14.9. The van der Waals surface area contributed by atoms with E-state index in [0.717, 1.165) is 36.4 Å². The van der Waals surface area contributed by atoms with Crippen molar-refractivity contribution < 1.29 is 0 Å². The number of hydrogen-bond donors (Lipinski definition) is 1. The van der Waals surface area contributed by atoms with Gasteiger partial charge in [-0.05, 0) is 36.1 Å². The third kappa shape index (κ3) is 3.20. The molecule has 18 heavy (non-hydrogen) atoms. The van der Waals surface area contributed by atoms with E-state index in [0.29, 0.717) is 0 Å². The Balaban J connectivity index is 2.94. The largest absolute Gasteiger partial charge is 0.373 e. The van der Waals surface area contributed by atoms with Crippen LogP contribution in [0.25, 0.3) is 0 Å². The predicted molar refractivity (Wildman–Crippen MR) is 81.3 cm³/mol. The lowest BCUT2D eigenvalue weighted by atomic mass is 9.83. The van der Waals surface area contributed by atoms with Crippen LogP contribution >= 0.6 is 12.6 Å². The van der Waals surface area contributed by atoms with Crippen LogP contribution in [0.2, 0.25) is 0 Å². The van der Waals surface area contributed by atoms with E-state index in [1.807, 2.05) is 24.3 Å². The number of rotatable bonds is 6. The van der Waals surface area contributed by atoms with E-state index in [1.165, 1.54) is 0 Å². The van der Waals surface area contributed by atoms with Crippen LogP contribution in [0.3, 0.4) is 0 Å². The monoisotopic (exact) mass is 262 g/mol. The van der Waals surface area contributed by atoms with Crippen molar-refractivity contribution in [1.82, 2.24) is 0 Å². The van der Waals surface area contributed by atoms with E-state index >= 15 is 0 Å². The molecule has 0 saturated carbocycles. The first-order valence-corrected chi connectivity index (χ1v) is 7.07. The van der Waals surface area contributed by atoms with E-state index in [9.17, 15) is 0 Å². The molecule has 0 saturated heterocycles. The maximum atomic E-state index is 9.15. The van der Waals surface area contributed by atoms with Gasteiger partial charge in [0.25, 0.3) is 0 Å². The lowest BCUT2D eigenvalue weighted by Crippen LogP contribution is -2.36. The topological polar surface area (TPSA) is 27.0 Å². The minimum atomic E-state index is 0.223. The van der Waals surface area contributed by atoms with Crippen LogP contribution in [-0.2, 0) is 0 Å². The highest BCUT2D eigenvalue weighted by Gasteiger charge is 2.26. The summed E-state index contributed by atoms with van der Waals surface area (Å²) in [6.45, 7) is 5.36. The lowest BCUT2D eigenvalue weighted by Gasteiger charge is -2.35. The number of thiol groups is 1. The first-order valence-electron chi connectivity index (χ1n) is 6.43. The zero-order chi connectivity index (χ0) is 13.6. The highest BCUT2D eigenvalue weighted by molar-refractivity contribution is 7.80. The summed E-state index contributed by atoms with van der Waals surface area (Å²) in [6, 6.07) is 10.0. The van der Waals surface area contributed by atoms with Crippen molar-refractivity contribution in [3.05, 3.63) is 29.8 Å². The molecule has 2 nitrogen and oxygen atoms in total. The fourth-order valence-corrected chi connectivity index (χ4v) is 2.78. The van der Waals surface area contributed by atoms with Crippen molar-refractivity contribution in [1.29, 1.82) is 5.26 Å². The normalized spacial score (nSPS) is 11.1. The third-order valence-corrected chi connectivity index (χ3v) is 4.51. The molecule has 0 aromatic heterocycles. The average Bonchev–Trinajstić information content (AvgIpc) is 2.44. The number of para-hydroxylation sites is 1. The van der Waals surface area contributed by atoms with Gasteiger partial charge in [0.15, 0.2) is 0 Å². The highest BCUT2D eigenvalue weighted by Crippen LogP contribution is 2.31. The maximum absolute atomic E-state index is 9.15. The minimum Gasteiger partial charge on any atom is -0.373 e. The Labute approximate surface area is 116 Å². The molecule has 0 aliphatic heterocycles.